The Kier molecular flexibility index (Phi) is 9.39. The van der Waals surface area contributed by atoms with Crippen molar-refractivity contribution in [2.45, 2.75) is 44.0 Å². The minimum absolute atomic E-state index is 0.255. The van der Waals surface area contributed by atoms with Crippen LogP contribution in [-0.2, 0) is 21.3 Å². The average Bonchev–Trinajstić information content (AvgIpc) is 2.70. The van der Waals surface area contributed by atoms with Crippen molar-refractivity contribution in [1.82, 2.24) is 14.9 Å². The third-order valence-electron chi connectivity index (χ3n) is 5.52. The number of sulfonamides is 1. The molecular weight excluding hydrogens is 388 g/mol. The molecule has 1 aliphatic carbocycles. The van der Waals surface area contributed by atoms with Crippen LogP contribution in [0.25, 0.3) is 0 Å². The SMILES string of the molecule is CN=C(NCc1ccc(S(=O)(=O)NCCOC)cc1)N(C)CC1CCC(C)CC1. The van der Waals surface area contributed by atoms with Gasteiger partial charge in [-0.25, -0.2) is 13.1 Å². The van der Waals surface area contributed by atoms with Crippen LogP contribution in [0.3, 0.4) is 0 Å². The lowest BCUT2D eigenvalue weighted by Crippen LogP contribution is -2.41. The van der Waals surface area contributed by atoms with Gasteiger partial charge < -0.3 is 15.0 Å². The highest BCUT2D eigenvalue weighted by Crippen LogP contribution is 2.28. The smallest absolute Gasteiger partial charge is 0.240 e. The van der Waals surface area contributed by atoms with Crippen molar-refractivity contribution in [2.24, 2.45) is 16.8 Å². The van der Waals surface area contributed by atoms with Crippen molar-refractivity contribution >= 4 is 16.0 Å². The van der Waals surface area contributed by atoms with Crippen LogP contribution in [0.4, 0.5) is 0 Å². The number of ether oxygens (including phenoxy) is 1. The Morgan fingerprint density at radius 1 is 1.21 bits per heavy atom. The highest BCUT2D eigenvalue weighted by molar-refractivity contribution is 7.89. The van der Waals surface area contributed by atoms with E-state index in [1.54, 1.807) is 19.2 Å². The van der Waals surface area contributed by atoms with E-state index in [4.69, 9.17) is 4.74 Å². The second-order valence-corrected chi connectivity index (χ2v) is 9.71. The van der Waals surface area contributed by atoms with E-state index in [-0.39, 0.29) is 11.4 Å². The Bertz CT molecular complexity index is 742. The second-order valence-electron chi connectivity index (χ2n) is 7.94. The molecule has 1 aliphatic rings. The summed E-state index contributed by atoms with van der Waals surface area (Å²) >= 11 is 0. The molecule has 0 spiro atoms. The van der Waals surface area contributed by atoms with Gasteiger partial charge in [0.05, 0.1) is 11.5 Å². The highest BCUT2D eigenvalue weighted by atomic mass is 32.2. The fourth-order valence-electron chi connectivity index (χ4n) is 3.70. The Morgan fingerprint density at radius 2 is 1.86 bits per heavy atom. The molecule has 1 fully saturated rings. The fourth-order valence-corrected chi connectivity index (χ4v) is 4.71. The van der Waals surface area contributed by atoms with Gasteiger partial charge in [-0.15, -0.1) is 0 Å². The molecule has 1 saturated carbocycles. The molecular formula is C21H36N4O3S. The first-order valence-corrected chi connectivity index (χ1v) is 11.8. The van der Waals surface area contributed by atoms with Crippen LogP contribution in [0, 0.1) is 11.8 Å². The van der Waals surface area contributed by atoms with Crippen LogP contribution in [0.15, 0.2) is 34.2 Å². The van der Waals surface area contributed by atoms with E-state index < -0.39 is 10.0 Å². The summed E-state index contributed by atoms with van der Waals surface area (Å²) in [7, 11) is 1.91. The van der Waals surface area contributed by atoms with E-state index in [1.165, 1.54) is 32.8 Å². The van der Waals surface area contributed by atoms with Crippen molar-refractivity contribution in [2.75, 3.05) is 40.9 Å². The van der Waals surface area contributed by atoms with Crippen LogP contribution in [-0.4, -0.2) is 60.2 Å². The Hall–Kier alpha value is -1.64. The molecule has 0 atom stereocenters. The molecule has 0 amide bonds. The summed E-state index contributed by atoms with van der Waals surface area (Å²) in [6.07, 6.45) is 5.22. The number of benzene rings is 1. The van der Waals surface area contributed by atoms with Crippen LogP contribution >= 0.6 is 0 Å². The third-order valence-corrected chi connectivity index (χ3v) is 7.00. The lowest BCUT2D eigenvalue weighted by Gasteiger charge is -2.31. The first-order valence-electron chi connectivity index (χ1n) is 10.3. The molecule has 164 valence electrons. The number of nitrogens with zero attached hydrogens (tertiary/aromatic N) is 2. The topological polar surface area (TPSA) is 83.0 Å². The Labute approximate surface area is 176 Å². The summed E-state index contributed by atoms with van der Waals surface area (Å²) in [5.74, 6) is 2.45. The van der Waals surface area contributed by atoms with E-state index in [0.29, 0.717) is 13.2 Å². The Balaban J connectivity index is 1.86. The number of hydrogen-bond donors (Lipinski definition) is 2. The zero-order valence-electron chi connectivity index (χ0n) is 18.1. The number of aliphatic imine (C=N–C) groups is 1. The van der Waals surface area contributed by atoms with Crippen LogP contribution in [0.2, 0.25) is 0 Å². The summed E-state index contributed by atoms with van der Waals surface area (Å²) in [6.45, 7) is 4.54. The molecule has 0 heterocycles. The summed E-state index contributed by atoms with van der Waals surface area (Å²) in [4.78, 5) is 6.84. The zero-order chi connectivity index (χ0) is 21.3. The van der Waals surface area contributed by atoms with Gasteiger partial charge in [0.1, 0.15) is 0 Å². The van der Waals surface area contributed by atoms with Crippen LogP contribution < -0.4 is 10.0 Å². The minimum atomic E-state index is -3.50. The van der Waals surface area contributed by atoms with Gasteiger partial charge in [0.2, 0.25) is 10.0 Å². The van der Waals surface area contributed by atoms with Gasteiger partial charge in [0.15, 0.2) is 5.96 Å². The summed E-state index contributed by atoms with van der Waals surface area (Å²) in [5.41, 5.74) is 1.00. The molecule has 8 heteroatoms. The predicted molar refractivity (Wildman–Crippen MR) is 117 cm³/mol. The minimum Gasteiger partial charge on any atom is -0.383 e. The van der Waals surface area contributed by atoms with Crippen molar-refractivity contribution in [1.29, 1.82) is 0 Å². The number of hydrogen-bond acceptors (Lipinski definition) is 4. The standard InChI is InChI=1S/C21H36N4O3S/c1-17-5-7-19(8-6-17)16-25(3)21(22-2)23-15-18-9-11-20(12-10-18)29(26,27)24-13-14-28-4/h9-12,17,19,24H,5-8,13-16H2,1-4H3,(H,22,23). The van der Waals surface area contributed by atoms with E-state index in [1.807, 2.05) is 12.1 Å². The molecule has 0 radical (unpaired) electrons. The molecule has 2 N–H and O–H groups in total. The quantitative estimate of drug-likeness (QED) is 0.361. The van der Waals surface area contributed by atoms with Crippen molar-refractivity contribution in [3.63, 3.8) is 0 Å². The van der Waals surface area contributed by atoms with Gasteiger partial charge in [0, 0.05) is 40.8 Å². The summed E-state index contributed by atoms with van der Waals surface area (Å²) in [5, 5.41) is 3.38. The third kappa shape index (κ3) is 7.60. The molecule has 29 heavy (non-hydrogen) atoms. The molecule has 2 rings (SSSR count). The van der Waals surface area contributed by atoms with Crippen LogP contribution in [0.1, 0.15) is 38.2 Å². The normalized spacial score (nSPS) is 20.5. The lowest BCUT2D eigenvalue weighted by atomic mass is 9.83. The molecule has 0 bridgehead atoms. The maximum atomic E-state index is 12.2. The largest absolute Gasteiger partial charge is 0.383 e. The maximum absolute atomic E-state index is 12.2. The maximum Gasteiger partial charge on any atom is 0.240 e. The molecule has 7 nitrogen and oxygen atoms in total. The number of rotatable bonds is 9. The number of methoxy groups -OCH3 is 1. The van der Waals surface area contributed by atoms with Crippen LogP contribution in [0.5, 0.6) is 0 Å². The zero-order valence-corrected chi connectivity index (χ0v) is 19.0. The van der Waals surface area contributed by atoms with E-state index in [9.17, 15) is 8.42 Å². The average molecular weight is 425 g/mol. The summed E-state index contributed by atoms with van der Waals surface area (Å²) in [6, 6.07) is 6.91. The van der Waals surface area contributed by atoms with Gasteiger partial charge in [-0.05, 0) is 42.4 Å². The fraction of sp³-hybridized carbons (Fsp3) is 0.667. The van der Waals surface area contributed by atoms with E-state index in [2.05, 4.69) is 33.9 Å². The van der Waals surface area contributed by atoms with Gasteiger partial charge in [-0.2, -0.15) is 0 Å². The van der Waals surface area contributed by atoms with Gasteiger partial charge in [-0.3, -0.25) is 4.99 Å². The number of guanidine groups is 1. The van der Waals surface area contributed by atoms with Gasteiger partial charge in [0.25, 0.3) is 0 Å². The predicted octanol–water partition coefficient (Wildman–Crippen LogP) is 2.44. The molecule has 0 aromatic heterocycles. The molecule has 0 saturated heterocycles. The van der Waals surface area contributed by atoms with Gasteiger partial charge in [-0.1, -0.05) is 31.9 Å². The molecule has 0 unspecified atom stereocenters. The van der Waals surface area contributed by atoms with Crippen molar-refractivity contribution in [3.05, 3.63) is 29.8 Å². The van der Waals surface area contributed by atoms with E-state index >= 15 is 0 Å². The van der Waals surface area contributed by atoms with Gasteiger partial charge >= 0.3 is 0 Å². The monoisotopic (exact) mass is 424 g/mol. The number of nitrogens with one attached hydrogen (secondary N) is 2. The van der Waals surface area contributed by atoms with Crippen molar-refractivity contribution in [3.8, 4) is 0 Å². The molecule has 1 aromatic rings. The molecule has 0 aliphatic heterocycles. The highest BCUT2D eigenvalue weighted by Gasteiger charge is 2.20. The first-order chi connectivity index (χ1) is 13.9. The van der Waals surface area contributed by atoms with Crippen molar-refractivity contribution < 1.29 is 13.2 Å². The second kappa shape index (κ2) is 11.5. The molecule has 1 aromatic carbocycles. The lowest BCUT2D eigenvalue weighted by molar-refractivity contribution is 0.204. The summed E-state index contributed by atoms with van der Waals surface area (Å²) < 4.78 is 31.8. The van der Waals surface area contributed by atoms with E-state index in [0.717, 1.165) is 29.9 Å². The Morgan fingerprint density at radius 3 is 2.45 bits per heavy atom. The first kappa shape index (κ1) is 23.6.